The van der Waals surface area contributed by atoms with Gasteiger partial charge in [-0.15, -0.1) is 0 Å². The van der Waals surface area contributed by atoms with Crippen LogP contribution in [0.1, 0.15) is 20.7 Å². The zero-order chi connectivity index (χ0) is 14.9. The van der Waals surface area contributed by atoms with E-state index >= 15 is 0 Å². The van der Waals surface area contributed by atoms with Crippen molar-refractivity contribution in [3.63, 3.8) is 0 Å². The molecule has 4 N–H and O–H groups in total. The van der Waals surface area contributed by atoms with Gasteiger partial charge in [0.25, 0.3) is 5.56 Å². The lowest BCUT2D eigenvalue weighted by molar-refractivity contribution is 0.0813. The molecule has 0 aliphatic heterocycles. The molecular weight excluding hydrogens is 268 g/mol. The second-order valence-corrected chi connectivity index (χ2v) is 3.84. The lowest BCUT2D eigenvalue weighted by Gasteiger charge is -2.02. The number of hydrogen-bond donors (Lipinski definition) is 4. The number of carbonyl (C=O) groups excluding carboxylic acids is 2. The fraction of sp³-hybridized carbons (Fsp3) is 0. The van der Waals surface area contributed by atoms with E-state index in [-0.39, 0.29) is 11.3 Å². The first-order valence-electron chi connectivity index (χ1n) is 5.34. The summed E-state index contributed by atoms with van der Waals surface area (Å²) in [7, 11) is 0. The van der Waals surface area contributed by atoms with Crippen molar-refractivity contribution >= 4 is 11.6 Å². The minimum Gasteiger partial charge on any atom is -0.508 e. The number of H-pyrrole nitrogens is 2. The van der Waals surface area contributed by atoms with E-state index in [1.807, 2.05) is 4.98 Å². The van der Waals surface area contributed by atoms with Gasteiger partial charge in [0.15, 0.2) is 5.56 Å². The molecule has 0 spiro atoms. The Morgan fingerprint density at radius 1 is 0.900 bits per heavy atom. The maximum absolute atomic E-state index is 11.9. The number of Topliss-reactive ketones (excluding diaryl/α,β-unsaturated/α-hetero) is 2. The fourth-order valence-electron chi connectivity index (χ4n) is 1.54. The zero-order valence-electron chi connectivity index (χ0n) is 9.84. The molecule has 1 aromatic carbocycles. The van der Waals surface area contributed by atoms with E-state index in [0.717, 1.165) is 0 Å². The Labute approximate surface area is 110 Å². The summed E-state index contributed by atoms with van der Waals surface area (Å²) in [5.41, 5.74) is -3.08. The summed E-state index contributed by atoms with van der Waals surface area (Å²) in [4.78, 5) is 49.6. The van der Waals surface area contributed by atoms with Gasteiger partial charge in [0, 0.05) is 5.56 Å². The summed E-state index contributed by atoms with van der Waals surface area (Å²) in [6, 6.07) is 4.76. The second-order valence-electron chi connectivity index (χ2n) is 3.84. The number of nitrogens with one attached hydrogen (secondary N) is 2. The van der Waals surface area contributed by atoms with Gasteiger partial charge in [0.05, 0.1) is 0 Å². The van der Waals surface area contributed by atoms with Crippen LogP contribution in [0.25, 0.3) is 0 Å². The van der Waals surface area contributed by atoms with Crippen molar-refractivity contribution in [2.24, 2.45) is 0 Å². The van der Waals surface area contributed by atoms with Crippen LogP contribution in [-0.4, -0.2) is 31.7 Å². The van der Waals surface area contributed by atoms with Gasteiger partial charge in [0.2, 0.25) is 17.4 Å². The molecule has 2 rings (SSSR count). The van der Waals surface area contributed by atoms with Crippen molar-refractivity contribution in [1.29, 1.82) is 0 Å². The first-order chi connectivity index (χ1) is 9.40. The van der Waals surface area contributed by atoms with E-state index in [0.29, 0.717) is 0 Å². The molecule has 1 heterocycles. The van der Waals surface area contributed by atoms with Crippen molar-refractivity contribution in [1.82, 2.24) is 9.97 Å². The van der Waals surface area contributed by atoms with E-state index in [2.05, 4.69) is 0 Å². The van der Waals surface area contributed by atoms with E-state index in [9.17, 15) is 24.3 Å². The van der Waals surface area contributed by atoms with Crippen LogP contribution in [0.5, 0.6) is 11.6 Å². The minimum atomic E-state index is -1.27. The van der Waals surface area contributed by atoms with Gasteiger partial charge in [-0.2, -0.15) is 0 Å². The van der Waals surface area contributed by atoms with Gasteiger partial charge in [-0.05, 0) is 24.3 Å². The molecule has 20 heavy (non-hydrogen) atoms. The number of aromatic hydroxyl groups is 2. The third-order valence-corrected chi connectivity index (χ3v) is 2.49. The summed E-state index contributed by atoms with van der Waals surface area (Å²) in [6.07, 6.45) is 0. The maximum Gasteiger partial charge on any atom is 0.328 e. The molecule has 8 nitrogen and oxygen atoms in total. The first-order valence-corrected chi connectivity index (χ1v) is 5.34. The highest BCUT2D eigenvalue weighted by Gasteiger charge is 2.25. The van der Waals surface area contributed by atoms with Gasteiger partial charge in [-0.25, -0.2) is 4.79 Å². The van der Waals surface area contributed by atoms with Crippen LogP contribution in [0.15, 0.2) is 33.9 Å². The molecule has 0 saturated carbocycles. The molecule has 0 saturated heterocycles. The van der Waals surface area contributed by atoms with E-state index in [1.54, 1.807) is 4.98 Å². The molecule has 0 unspecified atom stereocenters. The van der Waals surface area contributed by atoms with Crippen LogP contribution < -0.4 is 11.2 Å². The molecule has 102 valence electrons. The monoisotopic (exact) mass is 276 g/mol. The molecule has 0 bridgehead atoms. The second kappa shape index (κ2) is 4.84. The van der Waals surface area contributed by atoms with Crippen LogP contribution in [0, 0.1) is 0 Å². The average Bonchev–Trinajstić information content (AvgIpc) is 2.37. The minimum absolute atomic E-state index is 0.0715. The molecule has 0 atom stereocenters. The van der Waals surface area contributed by atoms with Gasteiger partial charge >= 0.3 is 5.69 Å². The van der Waals surface area contributed by atoms with Gasteiger partial charge in [-0.1, -0.05) is 0 Å². The van der Waals surface area contributed by atoms with Gasteiger partial charge in [0.1, 0.15) is 5.75 Å². The van der Waals surface area contributed by atoms with Crippen molar-refractivity contribution in [2.45, 2.75) is 0 Å². The van der Waals surface area contributed by atoms with Crippen LogP contribution in [0.2, 0.25) is 0 Å². The lowest BCUT2D eigenvalue weighted by atomic mass is 10.0. The number of benzene rings is 1. The van der Waals surface area contributed by atoms with Crippen LogP contribution in [0.4, 0.5) is 0 Å². The highest BCUT2D eigenvalue weighted by molar-refractivity contribution is 6.49. The summed E-state index contributed by atoms with van der Waals surface area (Å²) in [5.74, 6) is -3.40. The normalized spacial score (nSPS) is 10.2. The zero-order valence-corrected chi connectivity index (χ0v) is 9.84. The predicted octanol–water partition coefficient (Wildman–Crippen LogP) is -0.460. The third kappa shape index (κ3) is 2.34. The lowest BCUT2D eigenvalue weighted by Crippen LogP contribution is -2.30. The van der Waals surface area contributed by atoms with Crippen LogP contribution in [-0.2, 0) is 0 Å². The number of phenolic OH excluding ortho intramolecular Hbond substituents is 1. The molecule has 2 aromatic rings. The van der Waals surface area contributed by atoms with E-state index < -0.39 is 34.3 Å². The third-order valence-electron chi connectivity index (χ3n) is 2.49. The Bertz CT molecular complexity index is 800. The Hall–Kier alpha value is -3.16. The molecule has 0 aliphatic carbocycles. The topological polar surface area (TPSA) is 140 Å². The highest BCUT2D eigenvalue weighted by Crippen LogP contribution is 2.14. The summed E-state index contributed by atoms with van der Waals surface area (Å²) in [5, 5.41) is 18.5. The molecule has 0 amide bonds. The van der Waals surface area contributed by atoms with Gasteiger partial charge in [-0.3, -0.25) is 24.4 Å². The standard InChI is InChI=1S/C12H8N2O6/c15-6-3-1-5(2-4-6)8(16)9(17)7-10(18)13-12(20)14-11(7)19/h1-4,15H,(H3,13,14,18,19,20). The molecule has 0 aliphatic rings. The summed E-state index contributed by atoms with van der Waals surface area (Å²) < 4.78 is 0. The molecule has 0 fully saturated rings. The number of ketones is 2. The van der Waals surface area contributed by atoms with Crippen molar-refractivity contribution in [3.8, 4) is 11.6 Å². The Morgan fingerprint density at radius 2 is 1.50 bits per heavy atom. The summed E-state index contributed by atoms with van der Waals surface area (Å²) in [6.45, 7) is 0. The van der Waals surface area contributed by atoms with Crippen molar-refractivity contribution in [2.75, 3.05) is 0 Å². The van der Waals surface area contributed by atoms with Gasteiger partial charge < -0.3 is 10.2 Å². The molecule has 1 aromatic heterocycles. The van der Waals surface area contributed by atoms with Crippen LogP contribution in [0.3, 0.4) is 0 Å². The van der Waals surface area contributed by atoms with E-state index in [1.165, 1.54) is 24.3 Å². The summed E-state index contributed by atoms with van der Waals surface area (Å²) >= 11 is 0. The van der Waals surface area contributed by atoms with Crippen molar-refractivity contribution < 1.29 is 19.8 Å². The number of rotatable bonds is 3. The largest absolute Gasteiger partial charge is 0.508 e. The molecular formula is C12H8N2O6. The van der Waals surface area contributed by atoms with Crippen molar-refractivity contribution in [3.05, 3.63) is 56.2 Å². The smallest absolute Gasteiger partial charge is 0.328 e. The Morgan fingerprint density at radius 3 is 2.05 bits per heavy atom. The SMILES string of the molecule is O=C(C(=O)c1c(O)[nH]c(=O)[nH]c1=O)c1ccc(O)cc1. The van der Waals surface area contributed by atoms with Crippen LogP contribution >= 0.6 is 0 Å². The number of hydrogen-bond acceptors (Lipinski definition) is 6. The number of aromatic nitrogens is 2. The maximum atomic E-state index is 11.9. The number of aromatic amines is 2. The van der Waals surface area contributed by atoms with E-state index in [4.69, 9.17) is 5.11 Å². The number of phenols is 1. The molecule has 8 heteroatoms. The Kier molecular flexibility index (Phi) is 3.21. The molecule has 0 radical (unpaired) electrons. The average molecular weight is 276 g/mol. The predicted molar refractivity (Wildman–Crippen MR) is 66.1 cm³/mol. The fourth-order valence-corrected chi connectivity index (χ4v) is 1.54. The Balaban J connectivity index is 2.47. The number of carbonyl (C=O) groups is 2. The highest BCUT2D eigenvalue weighted by atomic mass is 16.3. The first kappa shape index (κ1) is 13.3. The quantitative estimate of drug-likeness (QED) is 0.441.